The fraction of sp³-hybridized carbons (Fsp3) is 0.529. The number of amides is 1. The maximum Gasteiger partial charge on any atom is 0.329 e. The quantitative estimate of drug-likeness (QED) is 0.769. The summed E-state index contributed by atoms with van der Waals surface area (Å²) < 4.78 is 3.04. The highest BCUT2D eigenvalue weighted by molar-refractivity contribution is 5.80. The molecule has 6 nitrogen and oxygen atoms in total. The molecule has 0 aliphatic heterocycles. The monoisotopic (exact) mass is 319 g/mol. The van der Waals surface area contributed by atoms with Crippen LogP contribution in [0.25, 0.3) is 11.0 Å². The maximum atomic E-state index is 12.3. The second-order valence-corrected chi connectivity index (χ2v) is 5.89. The van der Waals surface area contributed by atoms with E-state index in [0.29, 0.717) is 13.0 Å². The summed E-state index contributed by atoms with van der Waals surface area (Å²) >= 11 is 0. The second kappa shape index (κ2) is 7.97. The third-order valence-corrected chi connectivity index (χ3v) is 4.18. The molecule has 1 aromatic carbocycles. The number of aliphatic hydroxyl groups excluding tert-OH is 1. The van der Waals surface area contributed by atoms with E-state index in [4.69, 9.17) is 5.11 Å². The van der Waals surface area contributed by atoms with Gasteiger partial charge in [-0.15, -0.1) is 0 Å². The first-order valence-corrected chi connectivity index (χ1v) is 8.10. The molecule has 6 heteroatoms. The molecule has 1 atom stereocenters. The number of aromatic nitrogens is 2. The number of imidazole rings is 1. The number of fused-ring (bicyclic) bond motifs is 1. The molecule has 0 aliphatic rings. The lowest BCUT2D eigenvalue weighted by Gasteiger charge is -2.15. The third-order valence-electron chi connectivity index (χ3n) is 4.18. The molecule has 2 N–H and O–H groups in total. The van der Waals surface area contributed by atoms with Gasteiger partial charge in [0.1, 0.15) is 6.54 Å². The molecule has 1 unspecified atom stereocenters. The lowest BCUT2D eigenvalue weighted by molar-refractivity contribution is -0.121. The van der Waals surface area contributed by atoms with Crippen LogP contribution in [0.1, 0.15) is 26.2 Å². The van der Waals surface area contributed by atoms with E-state index in [1.54, 1.807) is 11.6 Å². The van der Waals surface area contributed by atoms with Gasteiger partial charge < -0.3 is 10.4 Å². The average molecular weight is 319 g/mol. The van der Waals surface area contributed by atoms with Gasteiger partial charge in [-0.3, -0.25) is 13.9 Å². The minimum absolute atomic E-state index is 0.0121. The number of nitrogens with zero attached hydrogens (tertiary/aromatic N) is 2. The molecule has 0 spiro atoms. The summed E-state index contributed by atoms with van der Waals surface area (Å²) in [7, 11) is 1.71. The molecular formula is C17H25N3O3. The number of nitrogens with one attached hydrogen (secondary N) is 1. The number of aryl methyl sites for hydroxylation is 1. The fourth-order valence-electron chi connectivity index (χ4n) is 2.91. The van der Waals surface area contributed by atoms with Crippen LogP contribution in [0.3, 0.4) is 0 Å². The van der Waals surface area contributed by atoms with Crippen molar-refractivity contribution < 1.29 is 9.90 Å². The third kappa shape index (κ3) is 4.01. The summed E-state index contributed by atoms with van der Waals surface area (Å²) in [6.07, 6.45) is 2.67. The number of carbonyl (C=O) groups is 1. The summed E-state index contributed by atoms with van der Waals surface area (Å²) in [6, 6.07) is 7.43. The zero-order valence-electron chi connectivity index (χ0n) is 13.8. The predicted molar refractivity (Wildman–Crippen MR) is 90.3 cm³/mol. The number of aliphatic hydroxyl groups is 1. The van der Waals surface area contributed by atoms with Crippen molar-refractivity contribution in [2.24, 2.45) is 13.0 Å². The second-order valence-electron chi connectivity index (χ2n) is 5.89. The van der Waals surface area contributed by atoms with Gasteiger partial charge in [0.2, 0.25) is 5.91 Å². The molecule has 1 heterocycles. The summed E-state index contributed by atoms with van der Waals surface area (Å²) in [4.78, 5) is 24.5. The standard InChI is InChI=1S/C17H25N3O3/c1-3-6-13(9-10-21)11-18-16(22)12-20-15-8-5-4-7-14(15)19(2)17(20)23/h4-5,7-8,13,21H,3,6,9-12H2,1-2H3,(H,18,22). The van der Waals surface area contributed by atoms with Gasteiger partial charge in [-0.1, -0.05) is 25.5 Å². The Hall–Kier alpha value is -2.08. The molecule has 126 valence electrons. The number of benzene rings is 1. The molecule has 2 rings (SSSR count). The summed E-state index contributed by atoms with van der Waals surface area (Å²) in [5.41, 5.74) is 1.38. The number of carbonyl (C=O) groups excluding carboxylic acids is 1. The Morgan fingerprint density at radius 2 is 1.96 bits per heavy atom. The van der Waals surface area contributed by atoms with Gasteiger partial charge in [0, 0.05) is 20.2 Å². The van der Waals surface area contributed by atoms with Crippen LogP contribution >= 0.6 is 0 Å². The lowest BCUT2D eigenvalue weighted by atomic mass is 10.0. The molecule has 0 saturated heterocycles. The van der Waals surface area contributed by atoms with Crippen molar-refractivity contribution in [2.45, 2.75) is 32.7 Å². The van der Waals surface area contributed by atoms with Crippen molar-refractivity contribution >= 4 is 16.9 Å². The Kier molecular flexibility index (Phi) is 5.98. The van der Waals surface area contributed by atoms with Crippen LogP contribution in [-0.4, -0.2) is 33.3 Å². The van der Waals surface area contributed by atoms with Crippen LogP contribution in [0, 0.1) is 5.92 Å². The van der Waals surface area contributed by atoms with E-state index < -0.39 is 0 Å². The minimum Gasteiger partial charge on any atom is -0.396 e. The van der Waals surface area contributed by atoms with Crippen molar-refractivity contribution in [1.82, 2.24) is 14.5 Å². The molecule has 0 saturated carbocycles. The Morgan fingerprint density at radius 3 is 2.61 bits per heavy atom. The minimum atomic E-state index is -0.193. The zero-order valence-corrected chi connectivity index (χ0v) is 13.8. The van der Waals surface area contributed by atoms with Gasteiger partial charge in [0.25, 0.3) is 0 Å². The Balaban J connectivity index is 2.06. The largest absolute Gasteiger partial charge is 0.396 e. The summed E-state index contributed by atoms with van der Waals surface area (Å²) in [5.74, 6) is 0.0979. The van der Waals surface area contributed by atoms with E-state index in [2.05, 4.69) is 12.2 Å². The van der Waals surface area contributed by atoms with E-state index in [1.807, 2.05) is 24.3 Å². The number of rotatable bonds is 8. The molecular weight excluding hydrogens is 294 g/mol. The highest BCUT2D eigenvalue weighted by atomic mass is 16.3. The number of hydrogen-bond acceptors (Lipinski definition) is 3. The first-order chi connectivity index (χ1) is 11.1. The van der Waals surface area contributed by atoms with Crippen LogP contribution in [0.5, 0.6) is 0 Å². The zero-order chi connectivity index (χ0) is 16.8. The topological polar surface area (TPSA) is 76.3 Å². The van der Waals surface area contributed by atoms with Crippen LogP contribution in [0.2, 0.25) is 0 Å². The first kappa shape index (κ1) is 17.3. The summed E-state index contributed by atoms with van der Waals surface area (Å²) in [5, 5.41) is 11.9. The van der Waals surface area contributed by atoms with Gasteiger partial charge in [-0.25, -0.2) is 4.79 Å². The van der Waals surface area contributed by atoms with Gasteiger partial charge in [-0.2, -0.15) is 0 Å². The molecule has 0 bridgehead atoms. The normalized spacial score (nSPS) is 12.5. The molecule has 0 radical (unpaired) electrons. The van der Waals surface area contributed by atoms with Crippen molar-refractivity contribution in [3.63, 3.8) is 0 Å². The van der Waals surface area contributed by atoms with Gasteiger partial charge in [0.05, 0.1) is 11.0 Å². The Morgan fingerprint density at radius 1 is 1.26 bits per heavy atom. The fourth-order valence-corrected chi connectivity index (χ4v) is 2.91. The van der Waals surface area contributed by atoms with E-state index in [-0.39, 0.29) is 30.7 Å². The maximum absolute atomic E-state index is 12.3. The molecule has 23 heavy (non-hydrogen) atoms. The Labute approximate surface area is 135 Å². The van der Waals surface area contributed by atoms with Gasteiger partial charge in [-0.05, 0) is 30.9 Å². The Bertz CT molecular complexity index is 711. The van der Waals surface area contributed by atoms with E-state index >= 15 is 0 Å². The highest BCUT2D eigenvalue weighted by Gasteiger charge is 2.14. The number of hydrogen-bond donors (Lipinski definition) is 2. The van der Waals surface area contributed by atoms with Crippen molar-refractivity contribution in [3.8, 4) is 0 Å². The van der Waals surface area contributed by atoms with Gasteiger partial charge in [0.15, 0.2) is 0 Å². The SMILES string of the molecule is CCCC(CCO)CNC(=O)Cn1c(=O)n(C)c2ccccc21. The predicted octanol–water partition coefficient (Wildman–Crippen LogP) is 1.25. The van der Waals surface area contributed by atoms with Gasteiger partial charge >= 0.3 is 5.69 Å². The van der Waals surface area contributed by atoms with Crippen molar-refractivity contribution in [3.05, 3.63) is 34.7 Å². The molecule has 1 amide bonds. The number of para-hydroxylation sites is 2. The van der Waals surface area contributed by atoms with Crippen molar-refractivity contribution in [1.29, 1.82) is 0 Å². The average Bonchev–Trinajstić information content (AvgIpc) is 2.78. The van der Waals surface area contributed by atoms with Crippen molar-refractivity contribution in [2.75, 3.05) is 13.2 Å². The van der Waals surface area contributed by atoms with Crippen LogP contribution in [0.4, 0.5) is 0 Å². The van der Waals surface area contributed by atoms with Crippen LogP contribution in [0.15, 0.2) is 29.1 Å². The molecule has 0 fully saturated rings. The smallest absolute Gasteiger partial charge is 0.329 e. The first-order valence-electron chi connectivity index (χ1n) is 8.10. The molecule has 2 aromatic rings. The van der Waals surface area contributed by atoms with E-state index in [0.717, 1.165) is 23.9 Å². The lowest BCUT2D eigenvalue weighted by Crippen LogP contribution is -2.35. The van der Waals surface area contributed by atoms with E-state index in [1.165, 1.54) is 4.57 Å². The van der Waals surface area contributed by atoms with E-state index in [9.17, 15) is 9.59 Å². The van der Waals surface area contributed by atoms with Crippen LogP contribution in [-0.2, 0) is 18.4 Å². The molecule has 1 aromatic heterocycles. The highest BCUT2D eigenvalue weighted by Crippen LogP contribution is 2.12. The molecule has 0 aliphatic carbocycles. The van der Waals surface area contributed by atoms with Crippen LogP contribution < -0.4 is 11.0 Å². The summed E-state index contributed by atoms with van der Waals surface area (Å²) in [6.45, 7) is 2.76.